The number of nitrogens with one attached hydrogen (secondary N) is 1. The lowest BCUT2D eigenvalue weighted by Crippen LogP contribution is -2.53. The Hall–Kier alpha value is -5.88. The van der Waals surface area contributed by atoms with E-state index < -0.39 is 23.8 Å². The molecule has 0 aliphatic carbocycles. The Morgan fingerprint density at radius 2 is 1.78 bits per heavy atom. The average Bonchev–Trinajstić information content (AvgIpc) is 3.91. The maximum Gasteiger partial charge on any atom is 0.338 e. The van der Waals surface area contributed by atoms with Crippen LogP contribution < -0.4 is 15.0 Å². The van der Waals surface area contributed by atoms with E-state index in [1.807, 2.05) is 22.4 Å². The molecule has 60 heavy (non-hydrogen) atoms. The van der Waals surface area contributed by atoms with Gasteiger partial charge in [-0.2, -0.15) is 0 Å². The van der Waals surface area contributed by atoms with Crippen LogP contribution in [0.15, 0.2) is 94.6 Å². The lowest BCUT2D eigenvalue weighted by molar-refractivity contribution is -0.138. The van der Waals surface area contributed by atoms with Crippen LogP contribution in [0.25, 0.3) is 0 Å². The summed E-state index contributed by atoms with van der Waals surface area (Å²) in [5, 5.41) is 14.9. The van der Waals surface area contributed by atoms with E-state index in [4.69, 9.17) is 35.9 Å². The van der Waals surface area contributed by atoms with Crippen LogP contribution >= 0.6 is 22.9 Å². The number of anilines is 1. The summed E-state index contributed by atoms with van der Waals surface area (Å²) >= 11 is 7.90. The van der Waals surface area contributed by atoms with Crippen molar-refractivity contribution in [2.75, 3.05) is 64.4 Å². The summed E-state index contributed by atoms with van der Waals surface area (Å²) in [5.41, 5.74) is 2.46. The van der Waals surface area contributed by atoms with Gasteiger partial charge in [-0.05, 0) is 67.1 Å². The normalized spacial score (nSPS) is 20.7. The van der Waals surface area contributed by atoms with Crippen molar-refractivity contribution < 1.29 is 42.9 Å². The summed E-state index contributed by atoms with van der Waals surface area (Å²) in [7, 11) is 1.30. The van der Waals surface area contributed by atoms with Gasteiger partial charge in [0.25, 0.3) is 5.91 Å². The smallest absolute Gasteiger partial charge is 0.338 e. The Morgan fingerprint density at radius 3 is 2.48 bits per heavy atom. The number of aliphatic imine (C=N–C) groups is 1. The van der Waals surface area contributed by atoms with E-state index in [2.05, 4.69) is 15.2 Å². The van der Waals surface area contributed by atoms with Crippen molar-refractivity contribution in [3.05, 3.63) is 117 Å². The van der Waals surface area contributed by atoms with Crippen molar-refractivity contribution in [1.29, 1.82) is 0 Å². The van der Waals surface area contributed by atoms with Gasteiger partial charge in [-0.3, -0.25) is 24.4 Å². The van der Waals surface area contributed by atoms with Crippen molar-refractivity contribution >= 4 is 58.3 Å². The number of aromatic nitrogens is 1. The molecule has 3 aromatic carbocycles. The molecule has 0 spiro atoms. The van der Waals surface area contributed by atoms with Gasteiger partial charge in [0.2, 0.25) is 0 Å². The molecular weight excluding hydrogens is 817 g/mol. The summed E-state index contributed by atoms with van der Waals surface area (Å²) in [6.07, 6.45) is 1.67. The molecule has 312 valence electrons. The third-order valence-corrected chi connectivity index (χ3v) is 11.9. The number of carbonyl (C=O) groups excluding carboxylic acids is 3. The molecule has 15 nitrogen and oxygen atoms in total. The van der Waals surface area contributed by atoms with Crippen molar-refractivity contribution in [2.24, 2.45) is 4.99 Å². The molecule has 0 saturated carbocycles. The monoisotopic (exact) mass is 857 g/mol. The van der Waals surface area contributed by atoms with E-state index in [-0.39, 0.29) is 41.1 Å². The zero-order chi connectivity index (χ0) is 41.9. The van der Waals surface area contributed by atoms with Gasteiger partial charge in [-0.25, -0.2) is 19.0 Å². The van der Waals surface area contributed by atoms with E-state index in [1.165, 1.54) is 36.6 Å². The van der Waals surface area contributed by atoms with Gasteiger partial charge in [-0.15, -0.1) is 11.3 Å². The van der Waals surface area contributed by atoms with Crippen LogP contribution in [-0.4, -0.2) is 126 Å². The second kappa shape index (κ2) is 17.8. The van der Waals surface area contributed by atoms with Crippen molar-refractivity contribution in [2.45, 2.75) is 31.0 Å². The highest BCUT2D eigenvalue weighted by atomic mass is 35.5. The number of benzene rings is 3. The highest BCUT2D eigenvalue weighted by molar-refractivity contribution is 7.11. The number of halogens is 2. The lowest BCUT2D eigenvalue weighted by atomic mass is 9.95. The molecule has 3 fully saturated rings. The van der Waals surface area contributed by atoms with E-state index in [1.54, 1.807) is 52.4 Å². The van der Waals surface area contributed by atoms with Gasteiger partial charge in [-0.1, -0.05) is 17.7 Å². The topological polar surface area (TPSA) is 166 Å². The van der Waals surface area contributed by atoms with Gasteiger partial charge in [0.1, 0.15) is 23.4 Å². The fourth-order valence-corrected chi connectivity index (χ4v) is 8.72. The molecule has 2 N–H and O–H groups in total. The molecule has 4 aliphatic heterocycles. The van der Waals surface area contributed by atoms with Gasteiger partial charge >= 0.3 is 18.0 Å². The number of amidine groups is 1. The molecule has 1 unspecified atom stereocenters. The number of piperazine rings is 1. The molecule has 8 rings (SSSR count). The molecule has 1 aromatic heterocycles. The number of morpholine rings is 1. The highest BCUT2D eigenvalue weighted by Gasteiger charge is 2.42. The standard InChI is InChI=1S/C42H41ClFN7O8S/c1-57-41(55)36-34(46-38(39-45-14-19-60-39)47-37(36)32-12-4-26(44)20-33(32)43)24-48-15-16-50-28(21-48)22-51(42(50)56)27-5-9-30(10-6-27)59-29-7-2-25(3-8-29)40(54)49-17-18-58-31(23-49)11-13-35(52)53/h2-10,12,14,19-20,28,31,37H,11,13,15-18,21-24H2,1H3,(H,46,47)(H,52,53)/t28?,31-,37+/m1/s1. The number of ether oxygens (including phenoxy) is 3. The van der Waals surface area contributed by atoms with Crippen LogP contribution in [0.2, 0.25) is 5.02 Å². The Bertz CT molecular complexity index is 2330. The van der Waals surface area contributed by atoms with E-state index in [9.17, 15) is 23.6 Å². The Morgan fingerprint density at radius 1 is 1.02 bits per heavy atom. The average molecular weight is 858 g/mol. The van der Waals surface area contributed by atoms with Gasteiger partial charge in [0.15, 0.2) is 10.8 Å². The molecule has 3 amide bonds. The number of methoxy groups -OCH3 is 1. The number of amides is 3. The zero-order valence-corrected chi connectivity index (χ0v) is 34.0. The van der Waals surface area contributed by atoms with Crippen LogP contribution in [0.5, 0.6) is 11.5 Å². The van der Waals surface area contributed by atoms with E-state index in [0.717, 1.165) is 5.69 Å². The fourth-order valence-electron chi connectivity index (χ4n) is 7.86. The van der Waals surface area contributed by atoms with E-state index >= 15 is 0 Å². The Kier molecular flexibility index (Phi) is 12.1. The van der Waals surface area contributed by atoms with Crippen LogP contribution in [0.3, 0.4) is 0 Å². The maximum absolute atomic E-state index is 14.1. The largest absolute Gasteiger partial charge is 0.481 e. The molecule has 3 saturated heterocycles. The minimum Gasteiger partial charge on any atom is -0.481 e. The quantitative estimate of drug-likeness (QED) is 0.171. The molecule has 4 aromatic rings. The summed E-state index contributed by atoms with van der Waals surface area (Å²) < 4.78 is 31.0. The number of rotatable bonds is 12. The highest BCUT2D eigenvalue weighted by Crippen LogP contribution is 2.37. The van der Waals surface area contributed by atoms with Crippen molar-refractivity contribution in [3.63, 3.8) is 0 Å². The number of nitrogens with zero attached hydrogens (tertiary/aromatic N) is 6. The number of carbonyl (C=O) groups is 4. The second-order valence-electron chi connectivity index (χ2n) is 14.7. The Labute approximate surface area is 353 Å². The molecule has 0 bridgehead atoms. The molecule has 4 aliphatic rings. The number of hydrogen-bond donors (Lipinski definition) is 2. The third-order valence-electron chi connectivity index (χ3n) is 10.8. The Balaban J connectivity index is 0.914. The molecule has 0 radical (unpaired) electrons. The maximum atomic E-state index is 14.1. The molecular formula is C42H41ClFN7O8S. The first-order valence-corrected chi connectivity index (χ1v) is 20.6. The predicted octanol–water partition coefficient (Wildman–Crippen LogP) is 5.58. The van der Waals surface area contributed by atoms with Crippen LogP contribution in [-0.2, 0) is 19.1 Å². The fraction of sp³-hybridized carbons (Fsp3) is 0.333. The van der Waals surface area contributed by atoms with Crippen molar-refractivity contribution in [3.8, 4) is 11.5 Å². The first-order chi connectivity index (χ1) is 29.0. The first kappa shape index (κ1) is 40.9. The number of hydrogen-bond acceptors (Lipinski definition) is 12. The minimum atomic E-state index is -0.897. The lowest BCUT2D eigenvalue weighted by Gasteiger charge is -2.38. The summed E-state index contributed by atoms with van der Waals surface area (Å²) in [6.45, 7) is 3.42. The minimum absolute atomic E-state index is 0.0169. The van der Waals surface area contributed by atoms with E-state index in [0.29, 0.717) is 98.0 Å². The SMILES string of the molecule is COC(=O)C1=C(CN2CCN3C(=O)N(c4ccc(Oc5ccc(C(=O)N6CCO[C@H](CCC(=O)O)C6)cc5)cc4)CC3C2)NC(c2nccs2)=N[C@H]1c1ccc(F)cc1Cl. The number of carboxylic acids is 1. The number of esters is 1. The number of fused-ring (bicyclic) bond motifs is 1. The van der Waals surface area contributed by atoms with Crippen molar-refractivity contribution in [1.82, 2.24) is 25.0 Å². The number of thiazole rings is 1. The first-order valence-electron chi connectivity index (χ1n) is 19.4. The summed E-state index contributed by atoms with van der Waals surface area (Å²) in [5.74, 6) is -0.626. The third kappa shape index (κ3) is 8.84. The summed E-state index contributed by atoms with van der Waals surface area (Å²) in [6, 6.07) is 16.9. The van der Waals surface area contributed by atoms with Gasteiger partial charge in [0, 0.05) is 91.3 Å². The summed E-state index contributed by atoms with van der Waals surface area (Å²) in [4.78, 5) is 67.9. The van der Waals surface area contributed by atoms with Gasteiger partial charge in [0.05, 0.1) is 31.4 Å². The van der Waals surface area contributed by atoms with Crippen LogP contribution in [0.1, 0.15) is 39.8 Å². The molecule has 18 heteroatoms. The van der Waals surface area contributed by atoms with Gasteiger partial charge < -0.3 is 34.4 Å². The van der Waals surface area contributed by atoms with Crippen LogP contribution in [0, 0.1) is 5.82 Å². The molecule has 3 atom stereocenters. The molecule has 5 heterocycles. The van der Waals surface area contributed by atoms with Crippen LogP contribution in [0.4, 0.5) is 14.9 Å². The number of carboxylic acid groups (broad SMARTS) is 1. The zero-order valence-electron chi connectivity index (χ0n) is 32.5. The number of urea groups is 1. The second-order valence-corrected chi connectivity index (χ2v) is 16.0. The predicted molar refractivity (Wildman–Crippen MR) is 220 cm³/mol. The number of aliphatic carboxylic acids is 1.